The van der Waals surface area contributed by atoms with Gasteiger partial charge in [0.1, 0.15) is 12.4 Å². The number of nitrogens with one attached hydrogen (secondary N) is 1. The highest BCUT2D eigenvalue weighted by atomic mass is 16.6. The molecule has 120 valence electrons. The number of nitrogens with two attached hydrogens (primary N) is 1. The molecular formula is C14H15N5O4. The van der Waals surface area contributed by atoms with Crippen molar-refractivity contribution >= 4 is 17.5 Å². The van der Waals surface area contributed by atoms with E-state index in [9.17, 15) is 14.9 Å². The van der Waals surface area contributed by atoms with E-state index >= 15 is 0 Å². The van der Waals surface area contributed by atoms with Crippen LogP contribution in [0.5, 0.6) is 5.75 Å². The minimum Gasteiger partial charge on any atom is -0.487 e. The van der Waals surface area contributed by atoms with Crippen LogP contribution in [0.25, 0.3) is 0 Å². The Balaban J connectivity index is 2.22. The first-order valence-electron chi connectivity index (χ1n) is 6.64. The van der Waals surface area contributed by atoms with Gasteiger partial charge in [-0.05, 0) is 19.1 Å². The molecule has 0 bridgehead atoms. The number of nitrogen functional groups attached to an aromatic ring is 1. The highest BCUT2D eigenvalue weighted by Gasteiger charge is 2.17. The second-order valence-electron chi connectivity index (χ2n) is 4.61. The number of carbonyl (C=O) groups excluding carboxylic acids is 1. The van der Waals surface area contributed by atoms with E-state index in [-0.39, 0.29) is 24.1 Å². The van der Waals surface area contributed by atoms with Crippen LogP contribution in [0.4, 0.5) is 11.6 Å². The monoisotopic (exact) mass is 317 g/mol. The number of nitro benzene ring substituents is 1. The van der Waals surface area contributed by atoms with Gasteiger partial charge in [0.05, 0.1) is 21.9 Å². The van der Waals surface area contributed by atoms with Crippen molar-refractivity contribution in [1.82, 2.24) is 15.3 Å². The molecule has 0 fully saturated rings. The maximum Gasteiger partial charge on any atom is 0.269 e. The van der Waals surface area contributed by atoms with Crippen molar-refractivity contribution in [2.75, 3.05) is 12.8 Å². The van der Waals surface area contributed by atoms with Gasteiger partial charge in [-0.3, -0.25) is 14.9 Å². The fraction of sp³-hybridized carbons (Fsp3) is 0.214. The molecule has 0 radical (unpaired) electrons. The third-order valence-electron chi connectivity index (χ3n) is 3.06. The van der Waals surface area contributed by atoms with Crippen LogP contribution in [0.15, 0.2) is 24.3 Å². The summed E-state index contributed by atoms with van der Waals surface area (Å²) >= 11 is 0. The van der Waals surface area contributed by atoms with Crippen molar-refractivity contribution in [2.45, 2.75) is 13.5 Å². The summed E-state index contributed by atoms with van der Waals surface area (Å²) in [5.74, 6) is 0.107. The van der Waals surface area contributed by atoms with Crippen molar-refractivity contribution in [3.05, 3.63) is 51.3 Å². The fourth-order valence-electron chi connectivity index (χ4n) is 2.00. The molecule has 1 heterocycles. The number of non-ortho nitro benzene ring substituents is 1. The lowest BCUT2D eigenvalue weighted by Gasteiger charge is -2.12. The molecule has 1 aromatic carbocycles. The van der Waals surface area contributed by atoms with E-state index in [0.29, 0.717) is 22.7 Å². The first-order valence-corrected chi connectivity index (χ1v) is 6.64. The predicted octanol–water partition coefficient (Wildman–Crippen LogP) is 1.21. The zero-order valence-corrected chi connectivity index (χ0v) is 12.6. The molecule has 2 rings (SSSR count). The standard InChI is InChI=1S/C14H15N5O4/c1-8-12(13(20)16-2)11(18-14(15)17-8)7-23-10-5-3-9(4-6-10)19(21)22/h3-6H,7H2,1-2H3,(H,16,20)(H2,15,17,18). The molecule has 0 aliphatic heterocycles. The molecule has 0 aliphatic rings. The number of amides is 1. The summed E-state index contributed by atoms with van der Waals surface area (Å²) in [6.45, 7) is 1.63. The Morgan fingerprint density at radius 2 is 2.00 bits per heavy atom. The minimum atomic E-state index is -0.498. The third kappa shape index (κ3) is 3.70. The zero-order valence-electron chi connectivity index (χ0n) is 12.6. The van der Waals surface area contributed by atoms with E-state index in [0.717, 1.165) is 0 Å². The highest BCUT2D eigenvalue weighted by molar-refractivity contribution is 5.96. The topological polar surface area (TPSA) is 133 Å². The number of rotatable bonds is 5. The van der Waals surface area contributed by atoms with Gasteiger partial charge in [-0.2, -0.15) is 0 Å². The summed E-state index contributed by atoms with van der Waals surface area (Å²) in [6.07, 6.45) is 0. The van der Waals surface area contributed by atoms with Gasteiger partial charge in [0.15, 0.2) is 0 Å². The first-order chi connectivity index (χ1) is 10.9. The second kappa shape index (κ2) is 6.69. The van der Waals surface area contributed by atoms with Crippen LogP contribution in [0.3, 0.4) is 0 Å². The van der Waals surface area contributed by atoms with Crippen molar-refractivity contribution < 1.29 is 14.5 Å². The van der Waals surface area contributed by atoms with Crippen LogP contribution in [0.1, 0.15) is 21.7 Å². The summed E-state index contributed by atoms with van der Waals surface area (Å²) in [7, 11) is 1.50. The fourth-order valence-corrected chi connectivity index (χ4v) is 2.00. The van der Waals surface area contributed by atoms with Crippen LogP contribution < -0.4 is 15.8 Å². The van der Waals surface area contributed by atoms with Gasteiger partial charge in [0.25, 0.3) is 11.6 Å². The Hall–Kier alpha value is -3.23. The molecule has 0 atom stereocenters. The molecule has 9 heteroatoms. The SMILES string of the molecule is CNC(=O)c1c(C)nc(N)nc1COc1ccc([N+](=O)[O-])cc1. The van der Waals surface area contributed by atoms with Gasteiger partial charge < -0.3 is 15.8 Å². The largest absolute Gasteiger partial charge is 0.487 e. The quantitative estimate of drug-likeness (QED) is 0.625. The number of aryl methyl sites for hydroxylation is 1. The first kappa shape index (κ1) is 16.1. The van der Waals surface area contributed by atoms with Crippen LogP contribution in [0, 0.1) is 17.0 Å². The lowest BCUT2D eigenvalue weighted by molar-refractivity contribution is -0.384. The van der Waals surface area contributed by atoms with Crippen molar-refractivity contribution in [2.24, 2.45) is 0 Å². The third-order valence-corrected chi connectivity index (χ3v) is 3.06. The second-order valence-corrected chi connectivity index (χ2v) is 4.61. The maximum absolute atomic E-state index is 11.9. The molecule has 3 N–H and O–H groups in total. The predicted molar refractivity (Wildman–Crippen MR) is 82.0 cm³/mol. The molecule has 0 spiro atoms. The Kier molecular flexibility index (Phi) is 4.69. The van der Waals surface area contributed by atoms with E-state index in [1.807, 2.05) is 0 Å². The van der Waals surface area contributed by atoms with E-state index in [1.165, 1.54) is 31.3 Å². The van der Waals surface area contributed by atoms with Crippen molar-refractivity contribution in [3.63, 3.8) is 0 Å². The van der Waals surface area contributed by atoms with Crippen LogP contribution >= 0.6 is 0 Å². The van der Waals surface area contributed by atoms with Crippen molar-refractivity contribution in [1.29, 1.82) is 0 Å². The van der Waals surface area contributed by atoms with E-state index in [2.05, 4.69) is 15.3 Å². The van der Waals surface area contributed by atoms with Crippen molar-refractivity contribution in [3.8, 4) is 5.75 Å². The van der Waals surface area contributed by atoms with Gasteiger partial charge in [-0.1, -0.05) is 0 Å². The van der Waals surface area contributed by atoms with Gasteiger partial charge in [-0.15, -0.1) is 0 Å². The summed E-state index contributed by atoms with van der Waals surface area (Å²) < 4.78 is 5.52. The van der Waals surface area contributed by atoms with Gasteiger partial charge >= 0.3 is 0 Å². The Labute approximate surface area is 131 Å². The van der Waals surface area contributed by atoms with E-state index in [4.69, 9.17) is 10.5 Å². The molecule has 0 saturated carbocycles. The number of benzene rings is 1. The molecule has 0 saturated heterocycles. The molecule has 0 aliphatic carbocycles. The Morgan fingerprint density at radius 3 is 2.57 bits per heavy atom. The normalized spacial score (nSPS) is 10.2. The molecule has 1 aromatic heterocycles. The number of nitrogens with zero attached hydrogens (tertiary/aromatic N) is 3. The zero-order chi connectivity index (χ0) is 17.0. The lowest BCUT2D eigenvalue weighted by atomic mass is 10.1. The number of hydrogen-bond acceptors (Lipinski definition) is 7. The molecule has 1 amide bonds. The summed E-state index contributed by atoms with van der Waals surface area (Å²) in [5.41, 5.74) is 6.65. The van der Waals surface area contributed by atoms with E-state index < -0.39 is 4.92 Å². The molecule has 23 heavy (non-hydrogen) atoms. The summed E-state index contributed by atoms with van der Waals surface area (Å²) in [6, 6.07) is 5.59. The average Bonchev–Trinajstić information content (AvgIpc) is 2.52. The van der Waals surface area contributed by atoms with Crippen LogP contribution in [-0.2, 0) is 6.61 Å². The number of anilines is 1. The van der Waals surface area contributed by atoms with E-state index in [1.54, 1.807) is 6.92 Å². The van der Waals surface area contributed by atoms with Crippen LogP contribution in [-0.4, -0.2) is 27.8 Å². The lowest BCUT2D eigenvalue weighted by Crippen LogP contribution is -2.23. The molecular weight excluding hydrogens is 302 g/mol. The molecule has 0 unspecified atom stereocenters. The summed E-state index contributed by atoms with van der Waals surface area (Å²) in [4.78, 5) is 30.0. The van der Waals surface area contributed by atoms with Crippen LogP contribution in [0.2, 0.25) is 0 Å². The van der Waals surface area contributed by atoms with Gasteiger partial charge in [-0.25, -0.2) is 9.97 Å². The average molecular weight is 317 g/mol. The number of carbonyl (C=O) groups is 1. The number of ether oxygens (including phenoxy) is 1. The number of hydrogen-bond donors (Lipinski definition) is 2. The highest BCUT2D eigenvalue weighted by Crippen LogP contribution is 2.20. The Morgan fingerprint density at radius 1 is 1.35 bits per heavy atom. The number of aromatic nitrogens is 2. The maximum atomic E-state index is 11.9. The van der Waals surface area contributed by atoms with Gasteiger partial charge in [0.2, 0.25) is 5.95 Å². The molecule has 2 aromatic rings. The smallest absolute Gasteiger partial charge is 0.269 e. The minimum absolute atomic E-state index is 0.0197. The summed E-state index contributed by atoms with van der Waals surface area (Å²) in [5, 5.41) is 13.1. The molecule has 9 nitrogen and oxygen atoms in total. The number of nitro groups is 1. The Bertz CT molecular complexity index is 746. The van der Waals surface area contributed by atoms with Gasteiger partial charge in [0, 0.05) is 19.2 Å².